The van der Waals surface area contributed by atoms with Crippen molar-refractivity contribution in [2.45, 2.75) is 32.7 Å². The molecule has 4 nitrogen and oxygen atoms in total. The van der Waals surface area contributed by atoms with E-state index in [0.717, 1.165) is 22.8 Å². The Labute approximate surface area is 144 Å². The SMILES string of the molecule is Cc1ccc(C[C@H](NC(=O)Cc2ccc(F)cc2F)C(=O)O)cc1C. The highest BCUT2D eigenvalue weighted by molar-refractivity contribution is 5.85. The maximum absolute atomic E-state index is 13.6. The van der Waals surface area contributed by atoms with Gasteiger partial charge in [0.15, 0.2) is 0 Å². The summed E-state index contributed by atoms with van der Waals surface area (Å²) >= 11 is 0. The molecule has 0 aliphatic rings. The van der Waals surface area contributed by atoms with E-state index in [4.69, 9.17) is 0 Å². The number of benzene rings is 2. The quantitative estimate of drug-likeness (QED) is 0.844. The summed E-state index contributed by atoms with van der Waals surface area (Å²) in [5.41, 5.74) is 2.91. The molecular formula is C19H19F2NO3. The van der Waals surface area contributed by atoms with Gasteiger partial charge in [-0.3, -0.25) is 4.79 Å². The number of rotatable bonds is 6. The van der Waals surface area contributed by atoms with Crippen LogP contribution in [0.15, 0.2) is 36.4 Å². The molecule has 2 aromatic rings. The molecular weight excluding hydrogens is 328 g/mol. The smallest absolute Gasteiger partial charge is 0.326 e. The number of aryl methyl sites for hydroxylation is 2. The van der Waals surface area contributed by atoms with Crippen molar-refractivity contribution in [3.8, 4) is 0 Å². The summed E-state index contributed by atoms with van der Waals surface area (Å²) < 4.78 is 26.5. The Balaban J connectivity index is 2.06. The van der Waals surface area contributed by atoms with E-state index in [0.29, 0.717) is 6.07 Å². The van der Waals surface area contributed by atoms with Gasteiger partial charge in [-0.25, -0.2) is 13.6 Å². The lowest BCUT2D eigenvalue weighted by Gasteiger charge is -2.15. The fourth-order valence-electron chi connectivity index (χ4n) is 2.45. The monoisotopic (exact) mass is 347 g/mol. The molecule has 1 amide bonds. The Kier molecular flexibility index (Phi) is 5.85. The molecule has 0 aliphatic heterocycles. The van der Waals surface area contributed by atoms with Crippen LogP contribution in [0.4, 0.5) is 8.78 Å². The summed E-state index contributed by atoms with van der Waals surface area (Å²) in [4.78, 5) is 23.5. The molecule has 0 radical (unpaired) electrons. The van der Waals surface area contributed by atoms with E-state index >= 15 is 0 Å². The average molecular weight is 347 g/mol. The van der Waals surface area contributed by atoms with Crippen LogP contribution in [0, 0.1) is 25.5 Å². The highest BCUT2D eigenvalue weighted by Crippen LogP contribution is 2.13. The molecule has 0 heterocycles. The number of carboxylic acids is 1. The van der Waals surface area contributed by atoms with E-state index < -0.39 is 29.6 Å². The largest absolute Gasteiger partial charge is 0.480 e. The second kappa shape index (κ2) is 7.88. The average Bonchev–Trinajstić information content (AvgIpc) is 2.53. The lowest BCUT2D eigenvalue weighted by Crippen LogP contribution is -2.43. The van der Waals surface area contributed by atoms with Crippen molar-refractivity contribution in [1.82, 2.24) is 5.32 Å². The van der Waals surface area contributed by atoms with Gasteiger partial charge in [0.25, 0.3) is 0 Å². The van der Waals surface area contributed by atoms with E-state index in [9.17, 15) is 23.5 Å². The van der Waals surface area contributed by atoms with Crippen LogP contribution in [0.1, 0.15) is 22.3 Å². The number of hydrogen-bond donors (Lipinski definition) is 2. The summed E-state index contributed by atoms with van der Waals surface area (Å²) in [6.07, 6.45) is -0.239. The van der Waals surface area contributed by atoms with Crippen LogP contribution in [0.25, 0.3) is 0 Å². The highest BCUT2D eigenvalue weighted by Gasteiger charge is 2.21. The third-order valence-corrected chi connectivity index (χ3v) is 4.01. The van der Waals surface area contributed by atoms with Gasteiger partial charge in [0.2, 0.25) is 5.91 Å². The summed E-state index contributed by atoms with van der Waals surface area (Å²) in [5.74, 6) is -3.39. The van der Waals surface area contributed by atoms with Crippen molar-refractivity contribution in [2.75, 3.05) is 0 Å². The standard InChI is InChI=1S/C19H19F2NO3/c1-11-3-4-13(7-12(11)2)8-17(19(24)25)22-18(23)9-14-5-6-15(20)10-16(14)21/h3-7,10,17H,8-9H2,1-2H3,(H,22,23)(H,24,25)/t17-/m0/s1. The number of amides is 1. The highest BCUT2D eigenvalue weighted by atomic mass is 19.1. The van der Waals surface area contributed by atoms with Crippen LogP contribution < -0.4 is 5.32 Å². The molecule has 0 unspecified atom stereocenters. The van der Waals surface area contributed by atoms with Crippen LogP contribution in [-0.2, 0) is 22.4 Å². The summed E-state index contributed by atoms with van der Waals surface area (Å²) in [6, 6.07) is 7.35. The zero-order valence-corrected chi connectivity index (χ0v) is 14.0. The van der Waals surface area contributed by atoms with Gasteiger partial charge < -0.3 is 10.4 Å². The van der Waals surface area contributed by atoms with Gasteiger partial charge >= 0.3 is 5.97 Å². The van der Waals surface area contributed by atoms with Crippen molar-refractivity contribution in [2.24, 2.45) is 0 Å². The van der Waals surface area contributed by atoms with E-state index in [2.05, 4.69) is 5.32 Å². The van der Waals surface area contributed by atoms with Crippen LogP contribution in [0.3, 0.4) is 0 Å². The van der Waals surface area contributed by atoms with Gasteiger partial charge in [-0.2, -0.15) is 0 Å². The zero-order valence-electron chi connectivity index (χ0n) is 14.0. The normalized spacial score (nSPS) is 11.8. The number of carbonyl (C=O) groups excluding carboxylic acids is 1. The Hall–Kier alpha value is -2.76. The minimum atomic E-state index is -1.17. The second-order valence-electron chi connectivity index (χ2n) is 5.99. The molecule has 0 saturated heterocycles. The molecule has 6 heteroatoms. The number of nitrogens with one attached hydrogen (secondary N) is 1. The second-order valence-corrected chi connectivity index (χ2v) is 5.99. The third-order valence-electron chi connectivity index (χ3n) is 4.01. The first-order valence-corrected chi connectivity index (χ1v) is 7.78. The molecule has 132 valence electrons. The fraction of sp³-hybridized carbons (Fsp3) is 0.263. The van der Waals surface area contributed by atoms with Crippen molar-refractivity contribution in [3.63, 3.8) is 0 Å². The number of carboxylic acid groups (broad SMARTS) is 1. The van der Waals surface area contributed by atoms with E-state index in [1.165, 1.54) is 6.07 Å². The number of halogens is 2. The first-order valence-electron chi connectivity index (χ1n) is 7.78. The molecule has 0 fully saturated rings. The molecule has 1 atom stereocenters. The van der Waals surface area contributed by atoms with Crippen molar-refractivity contribution >= 4 is 11.9 Å². The van der Waals surface area contributed by atoms with Gasteiger partial charge in [-0.15, -0.1) is 0 Å². The van der Waals surface area contributed by atoms with E-state index in [-0.39, 0.29) is 18.4 Å². The van der Waals surface area contributed by atoms with E-state index in [1.54, 1.807) is 0 Å². The van der Waals surface area contributed by atoms with Crippen molar-refractivity contribution in [3.05, 3.63) is 70.3 Å². The molecule has 25 heavy (non-hydrogen) atoms. The van der Waals surface area contributed by atoms with Gasteiger partial charge in [-0.05, 0) is 42.2 Å². The molecule has 0 bridgehead atoms. The maximum atomic E-state index is 13.6. The van der Waals surface area contributed by atoms with Gasteiger partial charge in [0, 0.05) is 12.5 Å². The third kappa shape index (κ3) is 5.11. The molecule has 0 spiro atoms. The summed E-state index contributed by atoms with van der Waals surface area (Å²) in [6.45, 7) is 3.87. The number of hydrogen-bond acceptors (Lipinski definition) is 2. The molecule has 0 aliphatic carbocycles. The van der Waals surface area contributed by atoms with Crippen LogP contribution in [-0.4, -0.2) is 23.0 Å². The number of aliphatic carboxylic acids is 1. The number of carbonyl (C=O) groups is 2. The Morgan fingerprint density at radius 3 is 2.40 bits per heavy atom. The Morgan fingerprint density at radius 2 is 1.80 bits per heavy atom. The van der Waals surface area contributed by atoms with Gasteiger partial charge in [0.05, 0.1) is 6.42 Å². The van der Waals surface area contributed by atoms with Gasteiger partial charge in [0.1, 0.15) is 17.7 Å². The Bertz CT molecular complexity index is 805. The van der Waals surface area contributed by atoms with Crippen LogP contribution >= 0.6 is 0 Å². The van der Waals surface area contributed by atoms with Crippen molar-refractivity contribution < 1.29 is 23.5 Å². The first-order chi connectivity index (χ1) is 11.8. The lowest BCUT2D eigenvalue weighted by molar-refractivity contribution is -0.141. The molecule has 2 rings (SSSR count). The molecule has 0 aromatic heterocycles. The lowest BCUT2D eigenvalue weighted by atomic mass is 10.0. The summed E-state index contributed by atoms with van der Waals surface area (Å²) in [7, 11) is 0. The first kappa shape index (κ1) is 18.6. The predicted octanol–water partition coefficient (Wildman–Crippen LogP) is 2.94. The molecule has 2 aromatic carbocycles. The topological polar surface area (TPSA) is 66.4 Å². The fourth-order valence-corrected chi connectivity index (χ4v) is 2.45. The zero-order chi connectivity index (χ0) is 18.6. The van der Waals surface area contributed by atoms with Crippen molar-refractivity contribution in [1.29, 1.82) is 0 Å². The van der Waals surface area contributed by atoms with Gasteiger partial charge in [-0.1, -0.05) is 24.3 Å². The van der Waals surface area contributed by atoms with Crippen LogP contribution in [0.2, 0.25) is 0 Å². The minimum Gasteiger partial charge on any atom is -0.480 e. The maximum Gasteiger partial charge on any atom is 0.326 e. The predicted molar refractivity (Wildman–Crippen MR) is 89.2 cm³/mol. The Morgan fingerprint density at radius 1 is 1.08 bits per heavy atom. The molecule has 0 saturated carbocycles. The van der Waals surface area contributed by atoms with E-state index in [1.807, 2.05) is 32.0 Å². The minimum absolute atomic E-state index is 0.00854. The molecule has 2 N–H and O–H groups in total. The summed E-state index contributed by atoms with van der Waals surface area (Å²) in [5, 5.41) is 11.7. The van der Waals surface area contributed by atoms with Crippen LogP contribution in [0.5, 0.6) is 0 Å².